The molecule has 0 rings (SSSR count). The Morgan fingerprint density at radius 2 is 2.00 bits per heavy atom. The lowest BCUT2D eigenvalue weighted by atomic mass is 10.2. The molecule has 0 aromatic heterocycles. The van der Waals surface area contributed by atoms with Crippen molar-refractivity contribution in [3.05, 3.63) is 0 Å². The summed E-state index contributed by atoms with van der Waals surface area (Å²) in [7, 11) is -1.13. The molecule has 12 heavy (non-hydrogen) atoms. The van der Waals surface area contributed by atoms with Gasteiger partial charge in [0.25, 0.3) is 5.65 Å². The Morgan fingerprint density at radius 1 is 1.33 bits per heavy atom. The summed E-state index contributed by atoms with van der Waals surface area (Å²) >= 11 is 0. The molecule has 1 amide bonds. The third-order valence-electron chi connectivity index (χ3n) is 1.50. The monoisotopic (exact) mass is 194 g/mol. The van der Waals surface area contributed by atoms with Crippen LogP contribution in [0.1, 0.15) is 25.7 Å². The predicted molar refractivity (Wildman–Crippen MR) is 50.3 cm³/mol. The summed E-state index contributed by atoms with van der Waals surface area (Å²) in [6, 6.07) is 0. The van der Waals surface area contributed by atoms with Crippen molar-refractivity contribution in [3.63, 3.8) is 0 Å². The van der Waals surface area contributed by atoms with E-state index in [2.05, 4.69) is 5.32 Å². The van der Waals surface area contributed by atoms with E-state index in [0.29, 0.717) is 6.54 Å². The third-order valence-corrected chi connectivity index (χ3v) is 1.85. The van der Waals surface area contributed by atoms with Crippen LogP contribution in [0.15, 0.2) is 0 Å². The lowest BCUT2D eigenvalue weighted by molar-refractivity contribution is 0.259. The second kappa shape index (κ2) is 8.88. The minimum absolute atomic E-state index is 0.492. The van der Waals surface area contributed by atoms with Crippen molar-refractivity contribution < 1.29 is 8.99 Å². The summed E-state index contributed by atoms with van der Waals surface area (Å²) in [5.74, 6) is 0. The van der Waals surface area contributed by atoms with Gasteiger partial charge in [0.15, 0.2) is 8.89 Å². The van der Waals surface area contributed by atoms with Gasteiger partial charge in [-0.2, -0.15) is 0 Å². The molecule has 0 spiro atoms. The van der Waals surface area contributed by atoms with Gasteiger partial charge in [-0.25, -0.2) is 4.20 Å². The van der Waals surface area contributed by atoms with Crippen molar-refractivity contribution in [1.82, 2.24) is 5.32 Å². The Balaban J connectivity index is 2.95. The van der Waals surface area contributed by atoms with Crippen molar-refractivity contribution in [2.75, 3.05) is 13.1 Å². The molecule has 0 saturated heterocycles. The number of hydrogen-bond acceptors (Lipinski definition) is 2. The smallest absolute Gasteiger partial charge is 0.271 e. The Bertz CT molecular complexity index is 124. The van der Waals surface area contributed by atoms with Gasteiger partial charge in [-0.1, -0.05) is 12.8 Å². The second-order valence-corrected chi connectivity index (χ2v) is 3.20. The molecule has 0 radical (unpaired) electrons. The minimum atomic E-state index is -1.13. The van der Waals surface area contributed by atoms with Crippen LogP contribution in [0.2, 0.25) is 0 Å². The summed E-state index contributed by atoms with van der Waals surface area (Å²) in [5, 5.41) is 2.48. The van der Waals surface area contributed by atoms with Gasteiger partial charge >= 0.3 is 0 Å². The fraction of sp³-hybridized carbons (Fsp3) is 0.857. The van der Waals surface area contributed by atoms with Crippen LogP contribution in [0.4, 0.5) is 8.99 Å². The molecule has 0 aromatic carbocycles. The normalized spacial score (nSPS) is 10.8. The van der Waals surface area contributed by atoms with E-state index in [4.69, 9.17) is 5.73 Å². The van der Waals surface area contributed by atoms with E-state index < -0.39 is 14.5 Å². The highest BCUT2D eigenvalue weighted by molar-refractivity contribution is 7.52. The lowest BCUT2D eigenvalue weighted by Crippen LogP contribution is -2.18. The molecule has 0 fully saturated rings. The van der Waals surface area contributed by atoms with Gasteiger partial charge in [-0.3, -0.25) is 4.79 Å². The highest BCUT2D eigenvalue weighted by Crippen LogP contribution is 2.10. The van der Waals surface area contributed by atoms with Crippen LogP contribution in [0.3, 0.4) is 0 Å². The summed E-state index contributed by atoms with van der Waals surface area (Å²) in [5.41, 5.74) is 4.80. The maximum Gasteiger partial charge on any atom is 0.271 e. The number of rotatable bonds is 7. The van der Waals surface area contributed by atoms with E-state index >= 15 is 0 Å². The van der Waals surface area contributed by atoms with Gasteiger partial charge in [0.1, 0.15) is 0 Å². The highest BCUT2D eigenvalue weighted by Gasteiger charge is 1.97. The van der Waals surface area contributed by atoms with E-state index in [1.165, 1.54) is 0 Å². The number of nitrogens with one attached hydrogen (secondary N) is 1. The number of halogens is 1. The van der Waals surface area contributed by atoms with Gasteiger partial charge in [-0.15, -0.1) is 0 Å². The molecule has 72 valence electrons. The number of hydrogen-bond donors (Lipinski definition) is 2. The summed E-state index contributed by atoms with van der Waals surface area (Å²) < 4.78 is 11.6. The predicted octanol–water partition coefficient (Wildman–Crippen LogP) is 1.78. The molecule has 0 heterocycles. The Hall–Kier alpha value is -0.210. The van der Waals surface area contributed by atoms with Crippen LogP contribution in [0.25, 0.3) is 0 Å². The standard InChI is InChI=1S/C7H16FN2OP/c8-12-7(11)10-6-4-2-1-3-5-9/h12H,1-6,9H2,(H,10,11). The van der Waals surface area contributed by atoms with Crippen molar-refractivity contribution in [2.45, 2.75) is 25.7 Å². The van der Waals surface area contributed by atoms with Gasteiger partial charge in [0, 0.05) is 6.54 Å². The molecule has 0 aliphatic heterocycles. The van der Waals surface area contributed by atoms with Crippen LogP contribution in [0.5, 0.6) is 0 Å². The summed E-state index contributed by atoms with van der Waals surface area (Å²) in [6.07, 6.45) is 4.08. The lowest BCUT2D eigenvalue weighted by Gasteiger charge is -2.01. The molecule has 0 saturated carbocycles. The fourth-order valence-corrected chi connectivity index (χ4v) is 1.05. The van der Waals surface area contributed by atoms with Crippen LogP contribution in [-0.2, 0) is 0 Å². The molecule has 3 nitrogen and oxygen atoms in total. The second-order valence-electron chi connectivity index (χ2n) is 2.55. The number of amides is 1. The average Bonchev–Trinajstić information content (AvgIpc) is 2.10. The molecule has 1 unspecified atom stereocenters. The van der Waals surface area contributed by atoms with Crippen molar-refractivity contribution in [1.29, 1.82) is 0 Å². The Morgan fingerprint density at radius 3 is 2.58 bits per heavy atom. The first-order valence-electron chi connectivity index (χ1n) is 4.15. The highest BCUT2D eigenvalue weighted by atomic mass is 31.1. The average molecular weight is 194 g/mol. The first kappa shape index (κ1) is 11.8. The van der Waals surface area contributed by atoms with E-state index in [1.54, 1.807) is 0 Å². The topological polar surface area (TPSA) is 55.1 Å². The molecule has 0 aliphatic rings. The summed E-state index contributed by atoms with van der Waals surface area (Å²) in [6.45, 7) is 1.30. The first-order valence-corrected chi connectivity index (χ1v) is 5.03. The molecule has 0 bridgehead atoms. The molecular formula is C7H16FN2OP. The van der Waals surface area contributed by atoms with Crippen molar-refractivity contribution in [2.24, 2.45) is 5.73 Å². The van der Waals surface area contributed by atoms with E-state index in [0.717, 1.165) is 32.2 Å². The van der Waals surface area contributed by atoms with Crippen LogP contribution < -0.4 is 11.1 Å². The zero-order chi connectivity index (χ0) is 9.23. The van der Waals surface area contributed by atoms with E-state index in [1.807, 2.05) is 0 Å². The number of nitrogens with two attached hydrogens (primary N) is 1. The van der Waals surface area contributed by atoms with Crippen molar-refractivity contribution in [3.8, 4) is 0 Å². The van der Waals surface area contributed by atoms with Crippen LogP contribution in [-0.4, -0.2) is 18.7 Å². The number of unbranched alkanes of at least 4 members (excludes halogenated alkanes) is 3. The van der Waals surface area contributed by atoms with Crippen molar-refractivity contribution >= 4 is 14.5 Å². The SMILES string of the molecule is NCCCCCCNC(=O)PF. The zero-order valence-corrected chi connectivity index (χ0v) is 8.11. The molecule has 0 aliphatic carbocycles. The zero-order valence-electron chi connectivity index (χ0n) is 7.11. The number of carbonyl (C=O) groups is 1. The largest absolute Gasteiger partial charge is 0.350 e. The van der Waals surface area contributed by atoms with Crippen LogP contribution >= 0.6 is 8.89 Å². The van der Waals surface area contributed by atoms with E-state index in [-0.39, 0.29) is 0 Å². The maximum absolute atomic E-state index is 11.6. The molecule has 1 atom stereocenters. The molecule has 5 heteroatoms. The van der Waals surface area contributed by atoms with Gasteiger partial charge < -0.3 is 11.1 Å². The van der Waals surface area contributed by atoms with Crippen LogP contribution in [0, 0.1) is 0 Å². The Kier molecular flexibility index (Phi) is 8.73. The number of carbonyl (C=O) groups excluding carboxylic acids is 1. The molecular weight excluding hydrogens is 178 g/mol. The Labute approximate surface area is 74.2 Å². The molecule has 0 aromatic rings. The van der Waals surface area contributed by atoms with Gasteiger partial charge in [0.05, 0.1) is 0 Å². The first-order chi connectivity index (χ1) is 5.81. The van der Waals surface area contributed by atoms with Gasteiger partial charge in [-0.05, 0) is 19.4 Å². The molecule has 3 N–H and O–H groups in total. The summed E-state index contributed by atoms with van der Waals surface area (Å²) in [4.78, 5) is 10.4. The fourth-order valence-electron chi connectivity index (χ4n) is 0.858. The maximum atomic E-state index is 11.6. The quantitative estimate of drug-likeness (QED) is 0.479. The third kappa shape index (κ3) is 7.89. The van der Waals surface area contributed by atoms with Gasteiger partial charge in [0.2, 0.25) is 0 Å². The van der Waals surface area contributed by atoms with E-state index in [9.17, 15) is 8.99 Å². The minimum Gasteiger partial charge on any atom is -0.350 e.